The molecule has 3 amide bonds. The molecular weight excluding hydrogens is 382 g/mol. The van der Waals surface area contributed by atoms with Gasteiger partial charge in [-0.15, -0.1) is 0 Å². The lowest BCUT2D eigenvalue weighted by Crippen LogP contribution is -2.62. The minimum absolute atomic E-state index is 0.00298. The lowest BCUT2D eigenvalue weighted by atomic mass is 9.98. The second-order valence-corrected chi connectivity index (χ2v) is 7.81. The van der Waals surface area contributed by atoms with Crippen LogP contribution in [0.3, 0.4) is 0 Å². The van der Waals surface area contributed by atoms with Crippen LogP contribution >= 0.6 is 0 Å². The molecule has 1 fully saturated rings. The van der Waals surface area contributed by atoms with Gasteiger partial charge in [0.05, 0.1) is 22.3 Å². The molecule has 152 valence electrons. The van der Waals surface area contributed by atoms with E-state index in [1.54, 1.807) is 32.9 Å². The number of carbonyl (C=O) groups excluding carboxylic acids is 3. The number of nitrogens with one attached hydrogen (secondary N) is 1. The zero-order chi connectivity index (χ0) is 20.9. The van der Waals surface area contributed by atoms with Crippen molar-refractivity contribution in [3.63, 3.8) is 0 Å². The minimum atomic E-state index is -0.759. The van der Waals surface area contributed by atoms with E-state index in [1.165, 1.54) is 0 Å². The number of imidazole rings is 1. The highest BCUT2D eigenvalue weighted by Gasteiger charge is 2.52. The van der Waals surface area contributed by atoms with Crippen molar-refractivity contribution in [3.05, 3.63) is 60.4 Å². The third kappa shape index (κ3) is 2.67. The fourth-order valence-corrected chi connectivity index (χ4v) is 4.49. The van der Waals surface area contributed by atoms with Crippen LogP contribution in [0.25, 0.3) is 11.0 Å². The number of aromatic nitrogens is 2. The first-order valence-electron chi connectivity index (χ1n) is 9.95. The molecule has 0 spiro atoms. The summed E-state index contributed by atoms with van der Waals surface area (Å²) in [7, 11) is 0. The van der Waals surface area contributed by atoms with Gasteiger partial charge in [0.15, 0.2) is 0 Å². The molecule has 0 bridgehead atoms. The van der Waals surface area contributed by atoms with Crippen LogP contribution < -0.4 is 10.3 Å². The van der Waals surface area contributed by atoms with Crippen molar-refractivity contribution in [1.29, 1.82) is 0 Å². The molecule has 1 saturated heterocycles. The van der Waals surface area contributed by atoms with Crippen LogP contribution in [0.15, 0.2) is 54.9 Å². The molecular formula is C22H21N5O3. The number of hydrogen-bond donors (Lipinski definition) is 1. The van der Waals surface area contributed by atoms with E-state index >= 15 is 0 Å². The molecule has 2 aliphatic heterocycles. The van der Waals surface area contributed by atoms with Gasteiger partial charge in [0.25, 0.3) is 5.91 Å². The largest absolute Gasteiger partial charge is 0.315 e. The molecule has 0 saturated carbocycles. The lowest BCUT2D eigenvalue weighted by Gasteiger charge is -2.48. The van der Waals surface area contributed by atoms with Gasteiger partial charge in [-0.1, -0.05) is 24.3 Å². The van der Waals surface area contributed by atoms with Crippen LogP contribution in [0.1, 0.15) is 36.5 Å². The number of rotatable bonds is 4. The summed E-state index contributed by atoms with van der Waals surface area (Å²) >= 11 is 0. The fraction of sp³-hybridized carbons (Fsp3) is 0.273. The van der Waals surface area contributed by atoms with Crippen molar-refractivity contribution in [2.75, 3.05) is 16.9 Å². The molecule has 8 heteroatoms. The van der Waals surface area contributed by atoms with Crippen molar-refractivity contribution in [1.82, 2.24) is 14.6 Å². The highest BCUT2D eigenvalue weighted by molar-refractivity contribution is 6.10. The Morgan fingerprint density at radius 1 is 1.13 bits per heavy atom. The zero-order valence-electron chi connectivity index (χ0n) is 16.5. The number of amides is 3. The summed E-state index contributed by atoms with van der Waals surface area (Å²) in [5.41, 5.74) is 4.78. The molecule has 30 heavy (non-hydrogen) atoms. The van der Waals surface area contributed by atoms with Gasteiger partial charge in [-0.05, 0) is 37.6 Å². The predicted octanol–water partition coefficient (Wildman–Crippen LogP) is 2.50. The average Bonchev–Trinajstić information content (AvgIpc) is 3.29. The summed E-state index contributed by atoms with van der Waals surface area (Å²) in [5.74, 6) is -0.388. The molecule has 2 aromatic carbocycles. The van der Waals surface area contributed by atoms with Gasteiger partial charge in [-0.3, -0.25) is 24.7 Å². The molecule has 0 radical (unpaired) electrons. The van der Waals surface area contributed by atoms with Crippen molar-refractivity contribution in [2.45, 2.75) is 31.8 Å². The fourth-order valence-electron chi connectivity index (χ4n) is 4.49. The van der Waals surface area contributed by atoms with Gasteiger partial charge in [-0.25, -0.2) is 9.66 Å². The number of benzene rings is 2. The Balaban J connectivity index is 1.37. The van der Waals surface area contributed by atoms with Crippen molar-refractivity contribution >= 4 is 34.4 Å². The molecule has 1 aromatic heterocycles. The summed E-state index contributed by atoms with van der Waals surface area (Å²) in [6, 6.07) is 14.7. The number of nitrogens with zero attached hydrogens (tertiary/aromatic N) is 4. The van der Waals surface area contributed by atoms with Gasteiger partial charge in [0.1, 0.15) is 12.0 Å². The molecule has 5 rings (SSSR count). The molecule has 2 aliphatic rings. The summed E-state index contributed by atoms with van der Waals surface area (Å²) in [6.45, 7) is 2.11. The van der Waals surface area contributed by atoms with Gasteiger partial charge in [0.2, 0.25) is 11.8 Å². The monoisotopic (exact) mass is 403 g/mol. The summed E-state index contributed by atoms with van der Waals surface area (Å²) < 4.78 is 1.58. The second-order valence-electron chi connectivity index (χ2n) is 7.81. The maximum absolute atomic E-state index is 13.2. The Morgan fingerprint density at radius 3 is 2.77 bits per heavy atom. The lowest BCUT2D eigenvalue weighted by molar-refractivity contribution is -0.117. The van der Waals surface area contributed by atoms with Crippen LogP contribution in [0, 0.1) is 0 Å². The van der Waals surface area contributed by atoms with E-state index in [2.05, 4.69) is 10.4 Å². The van der Waals surface area contributed by atoms with Crippen LogP contribution in [0.2, 0.25) is 0 Å². The molecule has 3 heterocycles. The first kappa shape index (κ1) is 18.4. The van der Waals surface area contributed by atoms with Crippen LogP contribution in [0.4, 0.5) is 5.69 Å². The van der Waals surface area contributed by atoms with E-state index in [0.717, 1.165) is 11.0 Å². The Labute approximate surface area is 173 Å². The van der Waals surface area contributed by atoms with Gasteiger partial charge < -0.3 is 4.90 Å². The molecule has 1 N–H and O–H groups in total. The minimum Gasteiger partial charge on any atom is -0.315 e. The first-order valence-corrected chi connectivity index (χ1v) is 9.95. The average molecular weight is 403 g/mol. The van der Waals surface area contributed by atoms with Crippen LogP contribution in [-0.4, -0.2) is 44.5 Å². The van der Waals surface area contributed by atoms with E-state index in [4.69, 9.17) is 0 Å². The van der Waals surface area contributed by atoms with E-state index in [1.807, 2.05) is 43.3 Å². The van der Waals surface area contributed by atoms with Crippen molar-refractivity contribution in [2.24, 2.45) is 0 Å². The zero-order valence-corrected chi connectivity index (χ0v) is 16.5. The highest BCUT2D eigenvalue weighted by Crippen LogP contribution is 2.43. The van der Waals surface area contributed by atoms with E-state index < -0.39 is 5.66 Å². The van der Waals surface area contributed by atoms with Gasteiger partial charge in [-0.2, -0.15) is 0 Å². The Morgan fingerprint density at radius 2 is 1.90 bits per heavy atom. The smallest absolute Gasteiger partial charge is 0.257 e. The number of fused-ring (bicyclic) bond motifs is 4. The number of carbonyl (C=O) groups is 3. The van der Waals surface area contributed by atoms with E-state index in [-0.39, 0.29) is 30.7 Å². The van der Waals surface area contributed by atoms with Gasteiger partial charge >= 0.3 is 0 Å². The number of para-hydroxylation sites is 3. The quantitative estimate of drug-likeness (QED) is 0.725. The molecule has 1 unspecified atom stereocenters. The van der Waals surface area contributed by atoms with Gasteiger partial charge in [0, 0.05) is 19.4 Å². The standard InChI is InChI=1S/C22H21N5O3/c1-22-12-10-20(29)27(22)17-8-4-2-6-15(17)21(30)25(22)13-11-19(28)24-26-14-23-16-7-3-5-9-18(16)26/h2-9,14H,10-13H2,1H3,(H,24,28). The van der Waals surface area contributed by atoms with Crippen LogP contribution in [0.5, 0.6) is 0 Å². The molecule has 0 aliphatic carbocycles. The molecule has 1 atom stereocenters. The predicted molar refractivity (Wildman–Crippen MR) is 111 cm³/mol. The summed E-state index contributed by atoms with van der Waals surface area (Å²) in [6.07, 6.45) is 2.59. The number of hydrogen-bond acceptors (Lipinski definition) is 4. The maximum Gasteiger partial charge on any atom is 0.257 e. The third-order valence-corrected chi connectivity index (χ3v) is 6.01. The Bertz CT molecular complexity index is 1190. The first-order chi connectivity index (χ1) is 14.5. The molecule has 3 aromatic rings. The van der Waals surface area contributed by atoms with E-state index in [9.17, 15) is 14.4 Å². The Kier molecular flexibility index (Phi) is 4.09. The summed E-state index contributed by atoms with van der Waals surface area (Å²) in [4.78, 5) is 46.1. The normalized spacial score (nSPS) is 20.4. The van der Waals surface area contributed by atoms with Crippen LogP contribution in [-0.2, 0) is 9.59 Å². The Hall–Kier alpha value is -3.68. The van der Waals surface area contributed by atoms with Crippen molar-refractivity contribution < 1.29 is 14.4 Å². The summed E-state index contributed by atoms with van der Waals surface area (Å²) in [5, 5.41) is 0. The third-order valence-electron chi connectivity index (χ3n) is 6.01. The number of anilines is 1. The van der Waals surface area contributed by atoms with E-state index in [0.29, 0.717) is 24.1 Å². The molecule has 8 nitrogen and oxygen atoms in total. The highest BCUT2D eigenvalue weighted by atomic mass is 16.2. The SMILES string of the molecule is CC12CCC(=O)N1c1ccccc1C(=O)N2CCC(=O)Nn1cnc2ccccc21. The second kappa shape index (κ2) is 6.69. The van der Waals surface area contributed by atoms with Crippen molar-refractivity contribution in [3.8, 4) is 0 Å². The topological polar surface area (TPSA) is 87.5 Å². The maximum atomic E-state index is 13.2.